The summed E-state index contributed by atoms with van der Waals surface area (Å²) in [6.07, 6.45) is 1.16. The molecule has 1 saturated heterocycles. The van der Waals surface area contributed by atoms with Gasteiger partial charge in [-0.25, -0.2) is 0 Å². The summed E-state index contributed by atoms with van der Waals surface area (Å²) in [4.78, 5) is 2.49. The zero-order valence-electron chi connectivity index (χ0n) is 11.9. The largest absolute Gasteiger partial charge is 0.492 e. The smallest absolute Gasteiger partial charge is 0.142 e. The Morgan fingerprint density at radius 3 is 2.89 bits per heavy atom. The van der Waals surface area contributed by atoms with E-state index in [1.165, 1.54) is 0 Å². The minimum Gasteiger partial charge on any atom is -0.492 e. The molecule has 0 bridgehead atoms. The van der Waals surface area contributed by atoms with Crippen LogP contribution in [0.5, 0.6) is 5.75 Å². The molecule has 1 aromatic carbocycles. The molecule has 1 fully saturated rings. The summed E-state index contributed by atoms with van der Waals surface area (Å²) >= 11 is 6.08. The molecule has 3 nitrogen and oxygen atoms in total. The molecule has 19 heavy (non-hydrogen) atoms. The summed E-state index contributed by atoms with van der Waals surface area (Å²) in [6, 6.07) is 6.83. The highest BCUT2D eigenvalue weighted by atomic mass is 35.5. The fourth-order valence-corrected chi connectivity index (χ4v) is 2.66. The quantitative estimate of drug-likeness (QED) is 0.892. The van der Waals surface area contributed by atoms with Gasteiger partial charge in [0.15, 0.2) is 0 Å². The Labute approximate surface area is 120 Å². The topological polar surface area (TPSA) is 24.5 Å². The number of rotatable bonds is 5. The molecular formula is C15H23ClN2O. The number of hydrogen-bond acceptors (Lipinski definition) is 3. The van der Waals surface area contributed by atoms with E-state index in [2.05, 4.69) is 24.1 Å². The molecular weight excluding hydrogens is 260 g/mol. The van der Waals surface area contributed by atoms with Crippen molar-refractivity contribution < 1.29 is 4.74 Å². The molecule has 0 radical (unpaired) electrons. The van der Waals surface area contributed by atoms with Crippen molar-refractivity contribution in [3.63, 3.8) is 0 Å². The van der Waals surface area contributed by atoms with Gasteiger partial charge in [-0.3, -0.25) is 4.90 Å². The van der Waals surface area contributed by atoms with Gasteiger partial charge in [0.05, 0.1) is 12.3 Å². The summed E-state index contributed by atoms with van der Waals surface area (Å²) < 4.78 is 5.64. The Morgan fingerprint density at radius 2 is 2.26 bits per heavy atom. The monoisotopic (exact) mass is 282 g/mol. The Hall–Kier alpha value is -0.930. The standard InChI is InChI=1S/C15H23ClN2O/c1-4-19-15-6-5-12(16)9-14(15)17-13-7-8-18(10-13)11(2)3/h5-6,9,11,13,17H,4,7-8,10H2,1-3H3. The Balaban J connectivity index is 2.04. The van der Waals surface area contributed by atoms with E-state index in [4.69, 9.17) is 16.3 Å². The molecule has 4 heteroatoms. The molecule has 1 N–H and O–H groups in total. The van der Waals surface area contributed by atoms with Crippen LogP contribution < -0.4 is 10.1 Å². The number of benzene rings is 1. The highest BCUT2D eigenvalue weighted by Crippen LogP contribution is 2.30. The van der Waals surface area contributed by atoms with E-state index in [0.717, 1.165) is 36.0 Å². The van der Waals surface area contributed by atoms with Gasteiger partial charge in [-0.1, -0.05) is 11.6 Å². The van der Waals surface area contributed by atoms with Crippen LogP contribution in [0.1, 0.15) is 27.2 Å². The molecule has 1 aliphatic heterocycles. The lowest BCUT2D eigenvalue weighted by Gasteiger charge is -2.21. The first-order valence-corrected chi connectivity index (χ1v) is 7.41. The molecule has 1 heterocycles. The maximum atomic E-state index is 6.08. The van der Waals surface area contributed by atoms with Gasteiger partial charge in [-0.2, -0.15) is 0 Å². The van der Waals surface area contributed by atoms with Crippen LogP contribution in [0.2, 0.25) is 5.02 Å². The van der Waals surface area contributed by atoms with Crippen molar-refractivity contribution in [3.8, 4) is 5.75 Å². The van der Waals surface area contributed by atoms with Gasteiger partial charge in [-0.05, 0) is 45.4 Å². The maximum absolute atomic E-state index is 6.08. The van der Waals surface area contributed by atoms with Gasteiger partial charge in [0.25, 0.3) is 0 Å². The second-order valence-electron chi connectivity index (χ2n) is 5.29. The van der Waals surface area contributed by atoms with Crippen molar-refractivity contribution in [2.24, 2.45) is 0 Å². The van der Waals surface area contributed by atoms with Crippen molar-refractivity contribution in [2.75, 3.05) is 25.0 Å². The summed E-state index contributed by atoms with van der Waals surface area (Å²) in [5.74, 6) is 0.884. The number of nitrogens with zero attached hydrogens (tertiary/aromatic N) is 1. The summed E-state index contributed by atoms with van der Waals surface area (Å²) in [7, 11) is 0. The average molecular weight is 283 g/mol. The van der Waals surface area contributed by atoms with Crippen molar-refractivity contribution >= 4 is 17.3 Å². The predicted molar refractivity (Wildman–Crippen MR) is 81.4 cm³/mol. The highest BCUT2D eigenvalue weighted by Gasteiger charge is 2.24. The molecule has 1 unspecified atom stereocenters. The summed E-state index contributed by atoms with van der Waals surface area (Å²) in [5, 5.41) is 4.31. The van der Waals surface area contributed by atoms with Crippen molar-refractivity contribution in [1.82, 2.24) is 4.90 Å². The minimum absolute atomic E-state index is 0.472. The highest BCUT2D eigenvalue weighted by molar-refractivity contribution is 6.30. The molecule has 1 aliphatic rings. The normalized spacial score (nSPS) is 19.9. The van der Waals surface area contributed by atoms with Crippen LogP contribution in [0, 0.1) is 0 Å². The summed E-state index contributed by atoms with van der Waals surface area (Å²) in [5.41, 5.74) is 1.00. The van der Waals surface area contributed by atoms with Crippen LogP contribution in [0.4, 0.5) is 5.69 Å². The van der Waals surface area contributed by atoms with Crippen LogP contribution in [0.15, 0.2) is 18.2 Å². The summed E-state index contributed by atoms with van der Waals surface area (Å²) in [6.45, 7) is 9.38. The zero-order valence-corrected chi connectivity index (χ0v) is 12.7. The number of halogens is 1. The van der Waals surface area contributed by atoms with Gasteiger partial charge in [0.1, 0.15) is 5.75 Å². The Bertz CT molecular complexity index is 423. The van der Waals surface area contributed by atoms with E-state index in [1.807, 2.05) is 25.1 Å². The first kappa shape index (κ1) is 14.5. The fraction of sp³-hybridized carbons (Fsp3) is 0.600. The van der Waals surface area contributed by atoms with Gasteiger partial charge in [0.2, 0.25) is 0 Å². The van der Waals surface area contributed by atoms with E-state index in [1.54, 1.807) is 0 Å². The van der Waals surface area contributed by atoms with E-state index in [-0.39, 0.29) is 0 Å². The van der Waals surface area contributed by atoms with Crippen LogP contribution in [-0.4, -0.2) is 36.7 Å². The lowest BCUT2D eigenvalue weighted by molar-refractivity contribution is 0.274. The molecule has 0 aliphatic carbocycles. The SMILES string of the molecule is CCOc1ccc(Cl)cc1NC1CCN(C(C)C)C1. The van der Waals surface area contributed by atoms with Gasteiger partial charge < -0.3 is 10.1 Å². The number of hydrogen-bond donors (Lipinski definition) is 1. The second kappa shape index (κ2) is 6.49. The van der Waals surface area contributed by atoms with Gasteiger partial charge >= 0.3 is 0 Å². The lowest BCUT2D eigenvalue weighted by atomic mass is 10.2. The number of ether oxygens (including phenoxy) is 1. The third-order valence-electron chi connectivity index (χ3n) is 3.55. The van der Waals surface area contributed by atoms with Crippen LogP contribution in [-0.2, 0) is 0 Å². The second-order valence-corrected chi connectivity index (χ2v) is 5.73. The van der Waals surface area contributed by atoms with Crippen LogP contribution >= 0.6 is 11.6 Å². The molecule has 1 aromatic rings. The van der Waals surface area contributed by atoms with Crippen LogP contribution in [0.25, 0.3) is 0 Å². The van der Waals surface area contributed by atoms with E-state index >= 15 is 0 Å². The number of anilines is 1. The van der Waals surface area contributed by atoms with E-state index in [9.17, 15) is 0 Å². The maximum Gasteiger partial charge on any atom is 0.142 e. The molecule has 0 saturated carbocycles. The number of likely N-dealkylation sites (tertiary alicyclic amines) is 1. The minimum atomic E-state index is 0.472. The molecule has 0 aromatic heterocycles. The fourth-order valence-electron chi connectivity index (χ4n) is 2.49. The predicted octanol–water partition coefficient (Wildman–Crippen LogP) is 3.63. The molecule has 0 spiro atoms. The van der Waals surface area contributed by atoms with Gasteiger partial charge in [-0.15, -0.1) is 0 Å². The first-order chi connectivity index (χ1) is 9.10. The van der Waals surface area contributed by atoms with Crippen molar-refractivity contribution in [3.05, 3.63) is 23.2 Å². The third-order valence-corrected chi connectivity index (χ3v) is 3.79. The molecule has 106 valence electrons. The number of nitrogens with one attached hydrogen (secondary N) is 1. The van der Waals surface area contributed by atoms with Gasteiger partial charge in [0, 0.05) is 30.2 Å². The van der Waals surface area contributed by atoms with Crippen molar-refractivity contribution in [1.29, 1.82) is 0 Å². The van der Waals surface area contributed by atoms with Crippen LogP contribution in [0.3, 0.4) is 0 Å². The Morgan fingerprint density at radius 1 is 1.47 bits per heavy atom. The van der Waals surface area contributed by atoms with Crippen molar-refractivity contribution in [2.45, 2.75) is 39.3 Å². The average Bonchev–Trinajstić information content (AvgIpc) is 2.81. The zero-order chi connectivity index (χ0) is 13.8. The third kappa shape index (κ3) is 3.77. The molecule has 2 rings (SSSR count). The lowest BCUT2D eigenvalue weighted by Crippen LogP contribution is -2.31. The van der Waals surface area contributed by atoms with E-state index < -0.39 is 0 Å². The van der Waals surface area contributed by atoms with E-state index in [0.29, 0.717) is 18.7 Å². The molecule has 1 atom stereocenters. The molecule has 0 amide bonds. The Kier molecular flexibility index (Phi) is 4.94. The first-order valence-electron chi connectivity index (χ1n) is 7.03.